The first kappa shape index (κ1) is 15.1. The zero-order valence-corrected chi connectivity index (χ0v) is 14.1. The standard InChI is InChI=1S/C19H16FN5O/c1-10-14(20)6-15-13(7-21-24-15)18(10)12-4-5-17-22-16(9-25(17)8-12)23-19(26)11-2-3-11/h4-9,11H,2-3H2,1H3,(H,21,24)(H,23,26). The molecule has 0 unspecified atom stereocenters. The normalized spacial score (nSPS) is 14.2. The van der Waals surface area contributed by atoms with Crippen molar-refractivity contribution in [3.63, 3.8) is 0 Å². The third kappa shape index (κ3) is 2.35. The number of anilines is 1. The molecule has 1 aromatic carbocycles. The number of carbonyl (C=O) groups is 1. The summed E-state index contributed by atoms with van der Waals surface area (Å²) >= 11 is 0. The first-order valence-corrected chi connectivity index (χ1v) is 8.52. The molecule has 4 aromatic rings. The Morgan fingerprint density at radius 2 is 2.19 bits per heavy atom. The lowest BCUT2D eigenvalue weighted by atomic mass is 9.98. The summed E-state index contributed by atoms with van der Waals surface area (Å²) in [6.45, 7) is 1.76. The summed E-state index contributed by atoms with van der Waals surface area (Å²) < 4.78 is 16.1. The van der Waals surface area contributed by atoms with E-state index >= 15 is 0 Å². The number of aromatic nitrogens is 4. The van der Waals surface area contributed by atoms with Crippen LogP contribution >= 0.6 is 0 Å². The van der Waals surface area contributed by atoms with E-state index < -0.39 is 0 Å². The zero-order chi connectivity index (χ0) is 17.8. The van der Waals surface area contributed by atoms with Gasteiger partial charge in [0.25, 0.3) is 0 Å². The summed E-state index contributed by atoms with van der Waals surface area (Å²) in [5.41, 5.74) is 3.61. The second-order valence-electron chi connectivity index (χ2n) is 6.76. The largest absolute Gasteiger partial charge is 0.309 e. The van der Waals surface area contributed by atoms with Crippen molar-refractivity contribution < 1.29 is 9.18 Å². The molecule has 6 nitrogen and oxygen atoms in total. The predicted molar refractivity (Wildman–Crippen MR) is 96.3 cm³/mol. The number of hydrogen-bond donors (Lipinski definition) is 2. The monoisotopic (exact) mass is 349 g/mol. The van der Waals surface area contributed by atoms with Crippen LogP contribution in [0.5, 0.6) is 0 Å². The number of amides is 1. The van der Waals surface area contributed by atoms with E-state index in [0.29, 0.717) is 16.9 Å². The summed E-state index contributed by atoms with van der Waals surface area (Å²) in [5.74, 6) is 0.401. The average Bonchev–Trinajstić information content (AvgIpc) is 3.25. The molecule has 0 bridgehead atoms. The molecule has 3 aromatic heterocycles. The van der Waals surface area contributed by atoms with Crippen molar-refractivity contribution in [2.45, 2.75) is 19.8 Å². The van der Waals surface area contributed by atoms with Crippen molar-refractivity contribution in [1.82, 2.24) is 19.6 Å². The van der Waals surface area contributed by atoms with E-state index in [9.17, 15) is 9.18 Å². The maximum absolute atomic E-state index is 14.3. The van der Waals surface area contributed by atoms with Crippen molar-refractivity contribution in [2.75, 3.05) is 5.32 Å². The summed E-state index contributed by atoms with van der Waals surface area (Å²) in [4.78, 5) is 16.4. The van der Waals surface area contributed by atoms with Crippen LogP contribution in [0.1, 0.15) is 18.4 Å². The Bertz CT molecular complexity index is 1170. The van der Waals surface area contributed by atoms with Crippen molar-refractivity contribution in [3.05, 3.63) is 48.2 Å². The quantitative estimate of drug-likeness (QED) is 0.592. The lowest BCUT2D eigenvalue weighted by Gasteiger charge is -2.09. The molecule has 0 saturated heterocycles. The lowest BCUT2D eigenvalue weighted by molar-refractivity contribution is -0.117. The van der Waals surface area contributed by atoms with E-state index in [-0.39, 0.29) is 17.6 Å². The Hall–Kier alpha value is -3.22. The van der Waals surface area contributed by atoms with E-state index in [2.05, 4.69) is 20.5 Å². The Morgan fingerprint density at radius 1 is 1.35 bits per heavy atom. The number of nitrogens with zero attached hydrogens (tertiary/aromatic N) is 3. The fourth-order valence-corrected chi connectivity index (χ4v) is 3.31. The van der Waals surface area contributed by atoms with Gasteiger partial charge >= 0.3 is 0 Å². The number of nitrogens with one attached hydrogen (secondary N) is 2. The lowest BCUT2D eigenvalue weighted by Crippen LogP contribution is -2.13. The van der Waals surface area contributed by atoms with Crippen LogP contribution in [0.15, 0.2) is 36.8 Å². The zero-order valence-electron chi connectivity index (χ0n) is 14.1. The molecule has 1 aliphatic rings. The predicted octanol–water partition coefficient (Wildman–Crippen LogP) is 3.67. The van der Waals surface area contributed by atoms with Crippen LogP contribution < -0.4 is 5.32 Å². The molecule has 0 atom stereocenters. The van der Waals surface area contributed by atoms with Gasteiger partial charge in [0.05, 0.1) is 17.9 Å². The number of pyridine rings is 1. The van der Waals surface area contributed by atoms with Gasteiger partial charge in [0, 0.05) is 17.5 Å². The third-order valence-electron chi connectivity index (χ3n) is 4.88. The van der Waals surface area contributed by atoms with Gasteiger partial charge in [-0.05, 0) is 54.7 Å². The SMILES string of the molecule is Cc1c(F)cc2[nH]ncc2c1-c1ccc2nc(NC(=O)C3CC3)cn2c1. The van der Waals surface area contributed by atoms with Gasteiger partial charge in [-0.1, -0.05) is 0 Å². The van der Waals surface area contributed by atoms with Gasteiger partial charge in [-0.25, -0.2) is 9.37 Å². The van der Waals surface area contributed by atoms with E-state index in [0.717, 1.165) is 35.0 Å². The molecule has 1 fully saturated rings. The van der Waals surface area contributed by atoms with Gasteiger partial charge < -0.3 is 9.72 Å². The van der Waals surface area contributed by atoms with Gasteiger partial charge in [-0.3, -0.25) is 9.89 Å². The number of halogens is 1. The Balaban J connectivity index is 1.60. The second kappa shape index (κ2) is 5.39. The highest BCUT2D eigenvalue weighted by Gasteiger charge is 2.30. The summed E-state index contributed by atoms with van der Waals surface area (Å²) in [5, 5.41) is 10.6. The number of rotatable bonds is 3. The van der Waals surface area contributed by atoms with Crippen LogP contribution in [0.4, 0.5) is 10.2 Å². The molecule has 5 rings (SSSR count). The molecular formula is C19H16FN5O. The fourth-order valence-electron chi connectivity index (χ4n) is 3.31. The van der Waals surface area contributed by atoms with Crippen LogP contribution in [-0.2, 0) is 4.79 Å². The van der Waals surface area contributed by atoms with Crippen molar-refractivity contribution in [2.24, 2.45) is 5.92 Å². The van der Waals surface area contributed by atoms with Gasteiger partial charge in [0.15, 0.2) is 5.82 Å². The first-order chi connectivity index (χ1) is 12.6. The fraction of sp³-hybridized carbons (Fsp3) is 0.211. The van der Waals surface area contributed by atoms with Crippen LogP contribution in [-0.4, -0.2) is 25.5 Å². The minimum Gasteiger partial charge on any atom is -0.309 e. The number of H-pyrrole nitrogens is 1. The maximum atomic E-state index is 14.3. The van der Waals surface area contributed by atoms with E-state index in [4.69, 9.17) is 0 Å². The van der Waals surface area contributed by atoms with Gasteiger partial charge in [-0.15, -0.1) is 0 Å². The molecular weight excluding hydrogens is 333 g/mol. The Labute approximate surface area is 148 Å². The smallest absolute Gasteiger partial charge is 0.228 e. The first-order valence-electron chi connectivity index (χ1n) is 8.52. The highest BCUT2D eigenvalue weighted by molar-refractivity contribution is 5.96. The van der Waals surface area contributed by atoms with Crippen LogP contribution in [0.2, 0.25) is 0 Å². The molecule has 3 heterocycles. The Kier molecular flexibility index (Phi) is 3.12. The van der Waals surface area contributed by atoms with Gasteiger partial charge in [-0.2, -0.15) is 5.10 Å². The minimum absolute atomic E-state index is 0.0229. The number of fused-ring (bicyclic) bond motifs is 2. The molecule has 0 aliphatic heterocycles. The summed E-state index contributed by atoms with van der Waals surface area (Å²) in [7, 11) is 0. The molecule has 26 heavy (non-hydrogen) atoms. The van der Waals surface area contributed by atoms with E-state index in [1.54, 1.807) is 19.3 Å². The number of aromatic amines is 1. The molecule has 1 aliphatic carbocycles. The van der Waals surface area contributed by atoms with Crippen LogP contribution in [0, 0.1) is 18.7 Å². The molecule has 0 radical (unpaired) electrons. The molecule has 1 amide bonds. The number of imidazole rings is 1. The van der Waals surface area contributed by atoms with Crippen LogP contribution in [0.3, 0.4) is 0 Å². The van der Waals surface area contributed by atoms with Gasteiger partial charge in [0.1, 0.15) is 11.5 Å². The average molecular weight is 349 g/mol. The highest BCUT2D eigenvalue weighted by Crippen LogP contribution is 2.33. The van der Waals surface area contributed by atoms with E-state index in [1.165, 1.54) is 6.07 Å². The van der Waals surface area contributed by atoms with Crippen molar-refractivity contribution in [1.29, 1.82) is 0 Å². The molecule has 0 spiro atoms. The summed E-state index contributed by atoms with van der Waals surface area (Å²) in [6, 6.07) is 5.23. The molecule has 2 N–H and O–H groups in total. The van der Waals surface area contributed by atoms with Gasteiger partial charge in [0.2, 0.25) is 5.91 Å². The minimum atomic E-state index is -0.278. The molecule has 130 valence electrons. The van der Waals surface area contributed by atoms with Crippen molar-refractivity contribution >= 4 is 28.3 Å². The van der Waals surface area contributed by atoms with E-state index in [1.807, 2.05) is 22.7 Å². The third-order valence-corrected chi connectivity index (χ3v) is 4.88. The topological polar surface area (TPSA) is 75.1 Å². The maximum Gasteiger partial charge on any atom is 0.228 e. The second-order valence-corrected chi connectivity index (χ2v) is 6.76. The summed E-state index contributed by atoms with van der Waals surface area (Å²) in [6.07, 6.45) is 7.27. The Morgan fingerprint density at radius 3 is 3.00 bits per heavy atom. The highest BCUT2D eigenvalue weighted by atomic mass is 19.1. The molecule has 7 heteroatoms. The van der Waals surface area contributed by atoms with Crippen molar-refractivity contribution in [3.8, 4) is 11.1 Å². The number of hydrogen-bond acceptors (Lipinski definition) is 3. The van der Waals surface area contributed by atoms with Crippen LogP contribution in [0.25, 0.3) is 27.7 Å². The molecule has 1 saturated carbocycles. The number of benzene rings is 1. The number of carbonyl (C=O) groups excluding carboxylic acids is 1.